The second-order valence-electron chi connectivity index (χ2n) is 4.01. The molecule has 0 radical (unpaired) electrons. The maximum absolute atomic E-state index is 7.27. The topological polar surface area (TPSA) is 61.9 Å². The Kier molecular flexibility index (Phi) is 4.30. The van der Waals surface area contributed by atoms with Gasteiger partial charge in [-0.1, -0.05) is 41.4 Å². The zero-order valence-electron chi connectivity index (χ0n) is 10.1. The summed E-state index contributed by atoms with van der Waals surface area (Å²) in [6, 6.07) is 10.9. The molecule has 0 amide bonds. The highest BCUT2D eigenvalue weighted by molar-refractivity contribution is 6.36. The quantitative estimate of drug-likeness (QED) is 0.585. The van der Waals surface area contributed by atoms with Crippen molar-refractivity contribution in [1.82, 2.24) is 0 Å². The van der Waals surface area contributed by atoms with E-state index in [1.807, 2.05) is 12.1 Å². The summed E-state index contributed by atoms with van der Waals surface area (Å²) in [6.07, 6.45) is 1.23. The van der Waals surface area contributed by atoms with E-state index in [0.717, 1.165) is 11.3 Å². The van der Waals surface area contributed by atoms with Crippen molar-refractivity contribution in [2.75, 3.05) is 11.1 Å². The van der Waals surface area contributed by atoms with Gasteiger partial charge in [0.1, 0.15) is 0 Å². The first-order chi connectivity index (χ1) is 9.13. The summed E-state index contributed by atoms with van der Waals surface area (Å²) in [4.78, 5) is 0. The molecule has 0 aliphatic carbocycles. The smallest absolute Gasteiger partial charge is 0.0638 e. The molecule has 0 aliphatic rings. The van der Waals surface area contributed by atoms with Crippen molar-refractivity contribution < 1.29 is 0 Å². The number of hydrogen-bond donors (Lipinski definition) is 3. The normalized spacial score (nSPS) is 10.2. The molecular weight excluding hydrogens is 281 g/mol. The number of nitrogens with two attached hydrogens (primary N) is 1. The molecule has 2 aromatic carbocycles. The van der Waals surface area contributed by atoms with Gasteiger partial charge in [0.05, 0.1) is 11.4 Å². The second kappa shape index (κ2) is 5.95. The minimum absolute atomic E-state index is 0.476. The standard InChI is InChI=1S/C14H13Cl2N3/c15-11-4-2-5-12(16)10(11)8-19-13-6-1-3-9(7-17)14(13)18/h1-7,17,19H,8,18H2. The summed E-state index contributed by atoms with van der Waals surface area (Å²) >= 11 is 12.2. The Morgan fingerprint density at radius 3 is 2.37 bits per heavy atom. The fourth-order valence-corrected chi connectivity index (χ4v) is 2.28. The van der Waals surface area contributed by atoms with E-state index in [2.05, 4.69) is 5.32 Å². The van der Waals surface area contributed by atoms with E-state index in [0.29, 0.717) is 27.8 Å². The molecule has 2 aromatic rings. The third kappa shape index (κ3) is 3.00. The lowest BCUT2D eigenvalue weighted by Gasteiger charge is -2.12. The van der Waals surface area contributed by atoms with Gasteiger partial charge < -0.3 is 16.5 Å². The van der Waals surface area contributed by atoms with Crippen LogP contribution in [0.15, 0.2) is 36.4 Å². The van der Waals surface area contributed by atoms with Crippen molar-refractivity contribution in [1.29, 1.82) is 5.41 Å². The van der Waals surface area contributed by atoms with Crippen LogP contribution in [0.4, 0.5) is 11.4 Å². The molecule has 0 aromatic heterocycles. The Labute approximate surface area is 121 Å². The molecule has 0 aliphatic heterocycles. The van der Waals surface area contributed by atoms with Crippen LogP contribution in [0.2, 0.25) is 10.0 Å². The van der Waals surface area contributed by atoms with E-state index in [4.69, 9.17) is 34.3 Å². The summed E-state index contributed by atoms with van der Waals surface area (Å²) in [5.74, 6) is 0. The van der Waals surface area contributed by atoms with E-state index in [-0.39, 0.29) is 0 Å². The Balaban J connectivity index is 2.22. The Hall–Kier alpha value is -1.71. The monoisotopic (exact) mass is 293 g/mol. The number of hydrogen-bond acceptors (Lipinski definition) is 3. The van der Waals surface area contributed by atoms with Gasteiger partial charge in [-0.2, -0.15) is 0 Å². The molecule has 0 heterocycles. The van der Waals surface area contributed by atoms with Crippen molar-refractivity contribution in [2.45, 2.75) is 6.54 Å². The van der Waals surface area contributed by atoms with Crippen LogP contribution in [-0.4, -0.2) is 6.21 Å². The summed E-state index contributed by atoms with van der Waals surface area (Å²) in [5, 5.41) is 11.7. The minimum atomic E-state index is 0.476. The lowest BCUT2D eigenvalue weighted by molar-refractivity contribution is 1.15. The van der Waals surface area contributed by atoms with Gasteiger partial charge in [0, 0.05) is 33.9 Å². The van der Waals surface area contributed by atoms with Gasteiger partial charge in [0.2, 0.25) is 0 Å². The van der Waals surface area contributed by atoms with Crippen LogP contribution in [0, 0.1) is 5.41 Å². The lowest BCUT2D eigenvalue weighted by atomic mass is 10.1. The number of benzene rings is 2. The number of nitrogens with one attached hydrogen (secondary N) is 2. The van der Waals surface area contributed by atoms with Crippen LogP contribution in [0.25, 0.3) is 0 Å². The highest BCUT2D eigenvalue weighted by Crippen LogP contribution is 2.27. The molecule has 19 heavy (non-hydrogen) atoms. The third-order valence-electron chi connectivity index (χ3n) is 2.81. The molecule has 3 nitrogen and oxygen atoms in total. The molecule has 0 saturated heterocycles. The van der Waals surface area contributed by atoms with Crippen molar-refractivity contribution in [3.63, 3.8) is 0 Å². The van der Waals surface area contributed by atoms with E-state index in [1.54, 1.807) is 24.3 Å². The predicted octanol–water partition coefficient (Wildman–Crippen LogP) is 4.19. The molecule has 98 valence electrons. The van der Waals surface area contributed by atoms with E-state index in [1.165, 1.54) is 6.21 Å². The van der Waals surface area contributed by atoms with Gasteiger partial charge in [0.15, 0.2) is 0 Å². The molecular formula is C14H13Cl2N3. The number of anilines is 2. The van der Waals surface area contributed by atoms with Crippen molar-refractivity contribution in [3.05, 3.63) is 57.6 Å². The van der Waals surface area contributed by atoms with Gasteiger partial charge in [-0.25, -0.2) is 0 Å². The first-order valence-corrected chi connectivity index (χ1v) is 6.45. The first-order valence-electron chi connectivity index (χ1n) is 5.69. The van der Waals surface area contributed by atoms with Crippen molar-refractivity contribution in [2.24, 2.45) is 0 Å². The molecule has 2 rings (SSSR count). The maximum atomic E-state index is 7.27. The average molecular weight is 294 g/mol. The summed E-state index contributed by atoms with van der Waals surface area (Å²) in [5.41, 5.74) is 8.76. The fourth-order valence-electron chi connectivity index (χ4n) is 1.75. The zero-order valence-corrected chi connectivity index (χ0v) is 11.6. The van der Waals surface area contributed by atoms with Crippen LogP contribution in [0.3, 0.4) is 0 Å². The van der Waals surface area contributed by atoms with Crippen molar-refractivity contribution in [3.8, 4) is 0 Å². The molecule has 4 N–H and O–H groups in total. The van der Waals surface area contributed by atoms with Gasteiger partial charge in [-0.05, 0) is 18.2 Å². The highest BCUT2D eigenvalue weighted by atomic mass is 35.5. The van der Waals surface area contributed by atoms with Crippen LogP contribution >= 0.6 is 23.2 Å². The Morgan fingerprint density at radius 2 is 1.74 bits per heavy atom. The fraction of sp³-hybridized carbons (Fsp3) is 0.0714. The SMILES string of the molecule is N=Cc1cccc(NCc2c(Cl)cccc2Cl)c1N. The molecule has 0 unspecified atom stereocenters. The van der Waals surface area contributed by atoms with E-state index < -0.39 is 0 Å². The molecule has 0 saturated carbocycles. The van der Waals surface area contributed by atoms with Gasteiger partial charge >= 0.3 is 0 Å². The number of halogens is 2. The van der Waals surface area contributed by atoms with Gasteiger partial charge in [0.25, 0.3) is 0 Å². The molecule has 0 spiro atoms. The largest absolute Gasteiger partial charge is 0.397 e. The predicted molar refractivity (Wildman–Crippen MR) is 82.5 cm³/mol. The number of rotatable bonds is 4. The zero-order chi connectivity index (χ0) is 13.8. The van der Waals surface area contributed by atoms with Crippen molar-refractivity contribution >= 4 is 40.8 Å². The van der Waals surface area contributed by atoms with Crippen LogP contribution in [-0.2, 0) is 6.54 Å². The molecule has 0 bridgehead atoms. The van der Waals surface area contributed by atoms with E-state index >= 15 is 0 Å². The highest BCUT2D eigenvalue weighted by Gasteiger charge is 2.07. The number of nitrogen functional groups attached to an aromatic ring is 1. The summed E-state index contributed by atoms with van der Waals surface area (Å²) in [7, 11) is 0. The molecule has 0 atom stereocenters. The van der Waals surface area contributed by atoms with Crippen LogP contribution in [0.1, 0.15) is 11.1 Å². The lowest BCUT2D eigenvalue weighted by Crippen LogP contribution is -2.05. The van der Waals surface area contributed by atoms with Crippen LogP contribution in [0.5, 0.6) is 0 Å². The first kappa shape index (κ1) is 13.7. The average Bonchev–Trinajstić information content (AvgIpc) is 2.40. The van der Waals surface area contributed by atoms with Crippen LogP contribution < -0.4 is 11.1 Å². The third-order valence-corrected chi connectivity index (χ3v) is 3.52. The minimum Gasteiger partial charge on any atom is -0.397 e. The Morgan fingerprint density at radius 1 is 1.11 bits per heavy atom. The molecule has 0 fully saturated rings. The number of para-hydroxylation sites is 1. The summed E-state index contributed by atoms with van der Waals surface area (Å²) < 4.78 is 0. The van der Waals surface area contributed by atoms with Gasteiger partial charge in [-0.3, -0.25) is 0 Å². The second-order valence-corrected chi connectivity index (χ2v) is 4.82. The maximum Gasteiger partial charge on any atom is 0.0638 e. The molecule has 5 heteroatoms. The van der Waals surface area contributed by atoms with E-state index in [9.17, 15) is 0 Å². The van der Waals surface area contributed by atoms with Gasteiger partial charge in [-0.15, -0.1) is 0 Å². The Bertz CT molecular complexity index is 591. The summed E-state index contributed by atoms with van der Waals surface area (Å²) in [6.45, 7) is 0.476.